The lowest BCUT2D eigenvalue weighted by Crippen LogP contribution is -2.10. The van der Waals surface area contributed by atoms with Crippen LogP contribution < -0.4 is 9.47 Å². The highest BCUT2D eigenvalue weighted by Gasteiger charge is 2.26. The van der Waals surface area contributed by atoms with Gasteiger partial charge in [0.25, 0.3) is 0 Å². The number of esters is 2. The molecule has 2 aromatic carbocycles. The van der Waals surface area contributed by atoms with Gasteiger partial charge in [-0.25, -0.2) is 9.59 Å². The Morgan fingerprint density at radius 3 is 2.21 bits per heavy atom. The second-order valence-electron chi connectivity index (χ2n) is 6.75. The fourth-order valence-corrected chi connectivity index (χ4v) is 2.52. The number of rotatable bonds is 12. The smallest absolute Gasteiger partial charge is 0.389 e. The summed E-state index contributed by atoms with van der Waals surface area (Å²) in [6, 6.07) is 12.4. The first kappa shape index (κ1) is 25.9. The number of hydrogen-bond donors (Lipinski definition) is 0. The summed E-state index contributed by atoms with van der Waals surface area (Å²) in [5, 5.41) is 0. The van der Waals surface area contributed by atoms with E-state index in [2.05, 4.69) is 0 Å². The summed E-state index contributed by atoms with van der Waals surface area (Å²) >= 11 is 0. The molecule has 0 radical (unpaired) electrons. The third kappa shape index (κ3) is 10.7. The van der Waals surface area contributed by atoms with Gasteiger partial charge in [-0.05, 0) is 61.4 Å². The van der Waals surface area contributed by atoms with Crippen molar-refractivity contribution >= 4 is 18.0 Å². The standard InChI is InChI=1S/C24H25F3O6/c1-2-30-16-17-32-22(28)13-6-18-4-9-21(10-5-18)33-23(29)19-7-11-20(12-8-19)31-15-3-14-24(25,26)27/h4-13H,2-3,14-17H2,1H3. The molecular formula is C24H25F3O6. The van der Waals surface area contributed by atoms with Crippen molar-refractivity contribution in [2.75, 3.05) is 26.4 Å². The average molecular weight is 466 g/mol. The van der Waals surface area contributed by atoms with E-state index in [1.54, 1.807) is 30.3 Å². The van der Waals surface area contributed by atoms with Crippen LogP contribution in [0.25, 0.3) is 6.08 Å². The van der Waals surface area contributed by atoms with Crippen LogP contribution in [-0.4, -0.2) is 44.5 Å². The minimum Gasteiger partial charge on any atom is -0.494 e. The molecule has 2 aromatic rings. The van der Waals surface area contributed by atoms with Gasteiger partial charge in [0.1, 0.15) is 18.1 Å². The van der Waals surface area contributed by atoms with E-state index in [4.69, 9.17) is 18.9 Å². The van der Waals surface area contributed by atoms with Crippen LogP contribution in [0.2, 0.25) is 0 Å². The van der Waals surface area contributed by atoms with E-state index < -0.39 is 24.5 Å². The molecule has 178 valence electrons. The van der Waals surface area contributed by atoms with Crippen molar-refractivity contribution in [3.05, 3.63) is 65.7 Å². The average Bonchev–Trinajstić information content (AvgIpc) is 2.79. The minimum atomic E-state index is -4.21. The lowest BCUT2D eigenvalue weighted by molar-refractivity contribution is -0.139. The summed E-state index contributed by atoms with van der Waals surface area (Å²) in [4.78, 5) is 23.9. The van der Waals surface area contributed by atoms with Crippen LogP contribution in [0.1, 0.15) is 35.7 Å². The molecule has 0 saturated heterocycles. The highest BCUT2D eigenvalue weighted by Crippen LogP contribution is 2.22. The van der Waals surface area contributed by atoms with Crippen molar-refractivity contribution in [2.45, 2.75) is 25.9 Å². The van der Waals surface area contributed by atoms with E-state index in [1.807, 2.05) is 6.92 Å². The summed E-state index contributed by atoms with van der Waals surface area (Å²) < 4.78 is 57.0. The summed E-state index contributed by atoms with van der Waals surface area (Å²) in [7, 11) is 0. The fourth-order valence-electron chi connectivity index (χ4n) is 2.52. The maximum Gasteiger partial charge on any atom is 0.389 e. The van der Waals surface area contributed by atoms with Gasteiger partial charge in [0.2, 0.25) is 0 Å². The van der Waals surface area contributed by atoms with Crippen LogP contribution in [0, 0.1) is 0 Å². The Bertz CT molecular complexity index is 905. The zero-order valence-electron chi connectivity index (χ0n) is 18.1. The summed E-state index contributed by atoms with van der Waals surface area (Å²) in [6.45, 7) is 2.85. The third-order valence-corrected chi connectivity index (χ3v) is 4.14. The Kier molecular flexibility index (Phi) is 10.4. The third-order valence-electron chi connectivity index (χ3n) is 4.14. The van der Waals surface area contributed by atoms with Crippen molar-refractivity contribution in [3.63, 3.8) is 0 Å². The second-order valence-corrected chi connectivity index (χ2v) is 6.75. The zero-order chi connectivity index (χ0) is 24.1. The predicted molar refractivity (Wildman–Crippen MR) is 115 cm³/mol. The van der Waals surface area contributed by atoms with E-state index >= 15 is 0 Å². The first-order chi connectivity index (χ1) is 15.8. The normalized spacial score (nSPS) is 11.4. The molecule has 0 saturated carbocycles. The molecule has 33 heavy (non-hydrogen) atoms. The van der Waals surface area contributed by atoms with Gasteiger partial charge in [0.15, 0.2) is 0 Å². The Hall–Kier alpha value is -3.33. The van der Waals surface area contributed by atoms with Gasteiger partial charge in [-0.15, -0.1) is 0 Å². The maximum absolute atomic E-state index is 12.3. The quantitative estimate of drug-likeness (QED) is 0.185. The molecule has 0 aliphatic rings. The molecule has 0 fully saturated rings. The lowest BCUT2D eigenvalue weighted by Gasteiger charge is -2.09. The van der Waals surface area contributed by atoms with Crippen molar-refractivity contribution in [1.82, 2.24) is 0 Å². The molecule has 0 N–H and O–H groups in total. The molecule has 0 amide bonds. The molecule has 0 bridgehead atoms. The fraction of sp³-hybridized carbons (Fsp3) is 0.333. The van der Waals surface area contributed by atoms with Gasteiger partial charge >= 0.3 is 18.1 Å². The molecule has 0 aromatic heterocycles. The van der Waals surface area contributed by atoms with Gasteiger partial charge in [0.05, 0.1) is 18.8 Å². The van der Waals surface area contributed by atoms with Crippen molar-refractivity contribution in [2.24, 2.45) is 0 Å². The molecule has 0 unspecified atom stereocenters. The van der Waals surface area contributed by atoms with Crippen LogP contribution in [0.5, 0.6) is 11.5 Å². The lowest BCUT2D eigenvalue weighted by atomic mass is 10.2. The molecular weight excluding hydrogens is 441 g/mol. The van der Waals surface area contributed by atoms with E-state index in [-0.39, 0.29) is 25.2 Å². The van der Waals surface area contributed by atoms with Gasteiger partial charge in [0, 0.05) is 19.1 Å². The SMILES string of the molecule is CCOCCOC(=O)C=Cc1ccc(OC(=O)c2ccc(OCCCC(F)(F)F)cc2)cc1. The number of halogens is 3. The molecule has 0 aliphatic carbocycles. The predicted octanol–water partition coefficient (Wildman–Crippen LogP) is 5.22. The Morgan fingerprint density at radius 2 is 1.58 bits per heavy atom. The topological polar surface area (TPSA) is 71.1 Å². The van der Waals surface area contributed by atoms with Gasteiger partial charge < -0.3 is 18.9 Å². The van der Waals surface area contributed by atoms with Gasteiger partial charge in [-0.2, -0.15) is 13.2 Å². The van der Waals surface area contributed by atoms with Crippen LogP contribution in [0.4, 0.5) is 13.2 Å². The Morgan fingerprint density at radius 1 is 0.909 bits per heavy atom. The van der Waals surface area contributed by atoms with Gasteiger partial charge in [-0.3, -0.25) is 0 Å². The number of alkyl halides is 3. The van der Waals surface area contributed by atoms with Crippen LogP contribution in [0.15, 0.2) is 54.6 Å². The van der Waals surface area contributed by atoms with E-state index in [0.29, 0.717) is 30.3 Å². The van der Waals surface area contributed by atoms with E-state index in [9.17, 15) is 22.8 Å². The largest absolute Gasteiger partial charge is 0.494 e. The van der Waals surface area contributed by atoms with Crippen LogP contribution in [-0.2, 0) is 14.3 Å². The molecule has 0 heterocycles. The Balaban J connectivity index is 1.79. The maximum atomic E-state index is 12.3. The monoisotopic (exact) mass is 466 g/mol. The van der Waals surface area contributed by atoms with Crippen LogP contribution >= 0.6 is 0 Å². The number of carbonyl (C=O) groups excluding carboxylic acids is 2. The van der Waals surface area contributed by atoms with Crippen LogP contribution in [0.3, 0.4) is 0 Å². The molecule has 9 heteroatoms. The number of hydrogen-bond acceptors (Lipinski definition) is 6. The van der Waals surface area contributed by atoms with Crippen molar-refractivity contribution < 1.29 is 41.7 Å². The van der Waals surface area contributed by atoms with Crippen molar-refractivity contribution in [1.29, 1.82) is 0 Å². The summed E-state index contributed by atoms with van der Waals surface area (Å²) in [5.41, 5.74) is 0.972. The highest BCUT2D eigenvalue weighted by atomic mass is 19.4. The zero-order valence-corrected chi connectivity index (χ0v) is 18.1. The Labute approximate surface area is 189 Å². The number of ether oxygens (including phenoxy) is 4. The highest BCUT2D eigenvalue weighted by molar-refractivity contribution is 5.91. The first-order valence-electron chi connectivity index (χ1n) is 10.3. The van der Waals surface area contributed by atoms with E-state index in [1.165, 1.54) is 30.3 Å². The summed E-state index contributed by atoms with van der Waals surface area (Å²) in [5.74, 6) is -0.414. The summed E-state index contributed by atoms with van der Waals surface area (Å²) in [6.07, 6.45) is -2.40. The molecule has 6 nitrogen and oxygen atoms in total. The first-order valence-corrected chi connectivity index (χ1v) is 10.3. The van der Waals surface area contributed by atoms with E-state index in [0.717, 1.165) is 0 Å². The molecule has 0 spiro atoms. The number of carbonyl (C=O) groups is 2. The minimum absolute atomic E-state index is 0.0743. The molecule has 0 atom stereocenters. The van der Waals surface area contributed by atoms with Gasteiger partial charge in [-0.1, -0.05) is 12.1 Å². The van der Waals surface area contributed by atoms with Crippen molar-refractivity contribution in [3.8, 4) is 11.5 Å². The molecule has 2 rings (SSSR count). The number of benzene rings is 2. The molecule has 0 aliphatic heterocycles. The second kappa shape index (κ2) is 13.3.